The summed E-state index contributed by atoms with van der Waals surface area (Å²) in [4.78, 5) is 39.3. The molecule has 0 fully saturated rings. The van der Waals surface area contributed by atoms with Crippen molar-refractivity contribution in [1.29, 1.82) is 0 Å². The van der Waals surface area contributed by atoms with E-state index in [1.54, 1.807) is 13.8 Å². The lowest BCUT2D eigenvalue weighted by Crippen LogP contribution is -2.34. The average Bonchev–Trinajstić information content (AvgIpc) is 3.11. The predicted molar refractivity (Wildman–Crippen MR) is 118 cm³/mol. The largest absolute Gasteiger partial charge is 0.385 e. The molecular weight excluding hydrogens is 507 g/mol. The quantitative estimate of drug-likeness (QED) is 0.132. The second-order valence-corrected chi connectivity index (χ2v) is 11.2. The minimum atomic E-state index is -4.86. The van der Waals surface area contributed by atoms with Gasteiger partial charge in [-0.1, -0.05) is 13.0 Å². The molecule has 0 saturated heterocycles. The number of nitrogens with one attached hydrogen (secondary N) is 1. The number of aliphatic hydroxyl groups is 2. The Bertz CT molecular complexity index is 1100. The normalized spacial score (nSPS) is 17.5. The fraction of sp³-hybridized carbons (Fsp3) is 0.562. The molecule has 0 spiro atoms. The number of alkyl halides is 1. The number of aliphatic hydroxyl groups excluding tert-OH is 2. The first-order chi connectivity index (χ1) is 15.3. The van der Waals surface area contributed by atoms with Crippen LogP contribution < -0.4 is 5.32 Å². The molecule has 33 heavy (non-hydrogen) atoms. The predicted octanol–water partition coefficient (Wildman–Crippen LogP) is 1.77. The molecule has 2 aromatic rings. The Morgan fingerprint density at radius 3 is 2.55 bits per heavy atom. The summed E-state index contributed by atoms with van der Waals surface area (Å²) in [6.45, 7) is 3.11. The first-order valence-corrected chi connectivity index (χ1v) is 13.6. The molecule has 0 bridgehead atoms. The average molecular weight is 532 g/mol. The van der Waals surface area contributed by atoms with Gasteiger partial charge in [0.25, 0.3) is 0 Å². The molecule has 0 saturated carbocycles. The zero-order valence-corrected chi connectivity index (χ0v) is 20.2. The molecule has 0 aromatic carbocycles. The monoisotopic (exact) mass is 531 g/mol. The molecule has 1 unspecified atom stereocenters. The third kappa shape index (κ3) is 7.51. The zero-order valence-electron chi connectivity index (χ0n) is 17.6. The number of nitrogens with zero attached hydrogens (tertiary/aromatic N) is 4. The number of imidazole rings is 1. The van der Waals surface area contributed by atoms with Crippen molar-refractivity contribution >= 4 is 43.8 Å². The van der Waals surface area contributed by atoms with Crippen molar-refractivity contribution in [3.63, 3.8) is 0 Å². The summed E-state index contributed by atoms with van der Waals surface area (Å²) in [5.41, 5.74) is -0.0187. The van der Waals surface area contributed by atoms with Crippen molar-refractivity contribution in [2.75, 3.05) is 24.4 Å². The van der Waals surface area contributed by atoms with Gasteiger partial charge in [-0.15, -0.1) is 0 Å². The third-order valence-electron chi connectivity index (χ3n) is 4.25. The lowest BCUT2D eigenvalue weighted by atomic mass is 10.0. The molecule has 0 aliphatic carbocycles. The molecule has 0 aliphatic rings. The van der Waals surface area contributed by atoms with Crippen molar-refractivity contribution < 1.29 is 42.9 Å². The zero-order chi connectivity index (χ0) is 25.0. The smallest absolute Gasteiger partial charge is 0.340 e. The second kappa shape index (κ2) is 11.3. The molecular formula is C16H25ClFN5O8P2. The van der Waals surface area contributed by atoms with E-state index in [-0.39, 0.29) is 34.3 Å². The van der Waals surface area contributed by atoms with Crippen LogP contribution in [0.5, 0.6) is 0 Å². The van der Waals surface area contributed by atoms with E-state index in [0.29, 0.717) is 6.54 Å². The maximum Gasteiger partial charge on any atom is 0.340 e. The van der Waals surface area contributed by atoms with Gasteiger partial charge < -0.3 is 34.7 Å². The van der Waals surface area contributed by atoms with Crippen molar-refractivity contribution in [3.8, 4) is 0 Å². The fourth-order valence-corrected chi connectivity index (χ4v) is 5.58. The molecule has 2 heterocycles. The third-order valence-corrected chi connectivity index (χ3v) is 7.86. The van der Waals surface area contributed by atoms with Crippen molar-refractivity contribution in [3.05, 3.63) is 23.3 Å². The number of aromatic nitrogens is 4. The Morgan fingerprint density at radius 1 is 1.30 bits per heavy atom. The minimum absolute atomic E-state index is 0.00734. The molecule has 2 aromatic heterocycles. The van der Waals surface area contributed by atoms with Crippen LogP contribution >= 0.6 is 26.8 Å². The second-order valence-electron chi connectivity index (χ2n) is 6.90. The molecule has 2 rings (SSSR count). The van der Waals surface area contributed by atoms with Gasteiger partial charge in [-0.25, -0.2) is 9.37 Å². The van der Waals surface area contributed by atoms with Gasteiger partial charge in [0.15, 0.2) is 35.3 Å². The molecule has 186 valence electrons. The van der Waals surface area contributed by atoms with Crippen LogP contribution in [0.2, 0.25) is 5.28 Å². The van der Waals surface area contributed by atoms with E-state index in [9.17, 15) is 24.2 Å². The van der Waals surface area contributed by atoms with Crippen LogP contribution in [0.15, 0.2) is 18.0 Å². The van der Waals surface area contributed by atoms with Crippen LogP contribution in [0, 0.1) is 0 Å². The maximum atomic E-state index is 15.1. The van der Waals surface area contributed by atoms with Crippen molar-refractivity contribution in [2.45, 2.75) is 38.8 Å². The van der Waals surface area contributed by atoms with Crippen LogP contribution in [-0.4, -0.2) is 75.7 Å². The van der Waals surface area contributed by atoms with Gasteiger partial charge in [0.05, 0.1) is 12.9 Å². The van der Waals surface area contributed by atoms with E-state index in [1.165, 1.54) is 6.08 Å². The van der Waals surface area contributed by atoms with Gasteiger partial charge in [0, 0.05) is 6.54 Å². The number of hydrogen-bond acceptors (Lipinski definition) is 9. The lowest BCUT2D eigenvalue weighted by Gasteiger charge is -2.25. The first-order valence-electron chi connectivity index (χ1n) is 9.63. The number of halogens is 2. The van der Waals surface area contributed by atoms with Gasteiger partial charge in [0.2, 0.25) is 5.28 Å². The summed E-state index contributed by atoms with van der Waals surface area (Å²) in [5.74, 6) is -1.18. The number of rotatable bonds is 12. The van der Waals surface area contributed by atoms with E-state index in [0.717, 1.165) is 10.9 Å². The van der Waals surface area contributed by atoms with Crippen molar-refractivity contribution in [1.82, 2.24) is 19.5 Å². The SMILES string of the molecule is CC/C=C(/COP(=O)(O)CP(=O)(O)O)[C@@H](O)[C@H](F)[C@@H](O)n1cnc2c(NCC)nc(Cl)nc21. The van der Waals surface area contributed by atoms with E-state index in [2.05, 4.69) is 24.8 Å². The topological polar surface area (TPSA) is 200 Å². The van der Waals surface area contributed by atoms with Crippen LogP contribution in [-0.2, 0) is 13.7 Å². The highest BCUT2D eigenvalue weighted by Gasteiger charge is 2.35. The highest BCUT2D eigenvalue weighted by molar-refractivity contribution is 7.70. The van der Waals surface area contributed by atoms with Crippen LogP contribution in [0.3, 0.4) is 0 Å². The highest BCUT2D eigenvalue weighted by Crippen LogP contribution is 2.55. The number of hydrogen-bond donors (Lipinski definition) is 6. The van der Waals surface area contributed by atoms with E-state index >= 15 is 4.39 Å². The Balaban J connectivity index is 2.26. The van der Waals surface area contributed by atoms with Gasteiger partial charge >= 0.3 is 15.2 Å². The molecule has 17 heteroatoms. The summed E-state index contributed by atoms with van der Waals surface area (Å²) in [5, 5.41) is 23.7. The van der Waals surface area contributed by atoms with Crippen LogP contribution in [0.25, 0.3) is 11.2 Å². The summed E-state index contributed by atoms with van der Waals surface area (Å²) < 4.78 is 43.5. The van der Waals surface area contributed by atoms with Crippen LogP contribution in [0.4, 0.5) is 10.2 Å². The van der Waals surface area contributed by atoms with Gasteiger partial charge in [0.1, 0.15) is 6.10 Å². The molecule has 4 atom stereocenters. The Labute approximate surface area is 193 Å². The van der Waals surface area contributed by atoms with Gasteiger partial charge in [-0.05, 0) is 30.5 Å². The summed E-state index contributed by atoms with van der Waals surface area (Å²) in [7, 11) is -9.60. The molecule has 0 amide bonds. The maximum absolute atomic E-state index is 15.1. The van der Waals surface area contributed by atoms with Gasteiger partial charge in [-0.2, -0.15) is 9.97 Å². The fourth-order valence-electron chi connectivity index (χ4n) is 2.87. The Morgan fingerprint density at radius 2 is 1.97 bits per heavy atom. The minimum Gasteiger partial charge on any atom is -0.385 e. The molecule has 0 aliphatic heterocycles. The number of fused-ring (bicyclic) bond motifs is 1. The van der Waals surface area contributed by atoms with E-state index < -0.39 is 46.2 Å². The summed E-state index contributed by atoms with van der Waals surface area (Å²) >= 11 is 5.90. The van der Waals surface area contributed by atoms with E-state index in [1.807, 2.05) is 0 Å². The van der Waals surface area contributed by atoms with E-state index in [4.69, 9.17) is 21.4 Å². The lowest BCUT2D eigenvalue weighted by molar-refractivity contribution is -0.0352. The van der Waals surface area contributed by atoms with Crippen LogP contribution in [0.1, 0.15) is 26.5 Å². The number of allylic oxidation sites excluding steroid dienone is 1. The highest BCUT2D eigenvalue weighted by atomic mass is 35.5. The molecule has 6 N–H and O–H groups in total. The molecule has 0 radical (unpaired) electrons. The molecule has 13 nitrogen and oxygen atoms in total. The Hall–Kier alpha value is -1.47. The standard InChI is InChI=1S/C16H25ClFN5O8P2/c1-3-5-9(6-31-33(29,30)8-32(26,27)28)12(24)10(18)15(25)23-7-20-11-13(19-4-2)21-16(17)22-14(11)23/h5,7,10,12,15,24-25H,3-4,6,8H2,1-2H3,(H,29,30)(H,19,21,22)(H2,26,27,28)/b9-5-/t10-,12+,15+/m0/s1. The Kier molecular flexibility index (Phi) is 9.51. The summed E-state index contributed by atoms with van der Waals surface area (Å²) in [6, 6.07) is 0. The first kappa shape index (κ1) is 27.8. The summed E-state index contributed by atoms with van der Waals surface area (Å²) in [6.07, 6.45) is -3.73. The van der Waals surface area contributed by atoms with Gasteiger partial charge in [-0.3, -0.25) is 13.7 Å². The van der Waals surface area contributed by atoms with Crippen molar-refractivity contribution in [2.24, 2.45) is 0 Å². The number of anilines is 1.